The minimum atomic E-state index is -0.504. The van der Waals surface area contributed by atoms with Crippen molar-refractivity contribution in [3.63, 3.8) is 0 Å². The number of carbonyl (C=O) groups is 1. The summed E-state index contributed by atoms with van der Waals surface area (Å²) in [5.41, 5.74) is 1.15. The van der Waals surface area contributed by atoms with E-state index >= 15 is 0 Å². The van der Waals surface area contributed by atoms with Crippen LogP contribution in [0.25, 0.3) is 0 Å². The van der Waals surface area contributed by atoms with Crippen LogP contribution >= 0.6 is 0 Å². The van der Waals surface area contributed by atoms with Crippen molar-refractivity contribution in [2.24, 2.45) is 22.2 Å². The second kappa shape index (κ2) is 3.16. The molecule has 5 rings (SSSR count). The number of carbonyl (C=O) groups excluding carboxylic acids is 1. The zero-order chi connectivity index (χ0) is 14.8. The first kappa shape index (κ1) is 12.8. The Labute approximate surface area is 126 Å². The maximum absolute atomic E-state index is 13.0. The third-order valence-electron chi connectivity index (χ3n) is 7.76. The molecule has 0 spiro atoms. The van der Waals surface area contributed by atoms with Crippen molar-refractivity contribution in [3.05, 3.63) is 11.6 Å². The first-order valence-electron chi connectivity index (χ1n) is 8.37. The number of ketones is 1. The Bertz CT molecular complexity index is 606. The molecule has 0 radical (unpaired) electrons. The Morgan fingerprint density at radius 1 is 1.19 bits per heavy atom. The van der Waals surface area contributed by atoms with Gasteiger partial charge in [0.2, 0.25) is 0 Å². The van der Waals surface area contributed by atoms with Crippen LogP contribution in [0.1, 0.15) is 53.4 Å². The predicted molar refractivity (Wildman–Crippen MR) is 77.5 cm³/mol. The zero-order valence-corrected chi connectivity index (χ0v) is 13.4. The fourth-order valence-electron chi connectivity index (χ4n) is 7.40. The quantitative estimate of drug-likeness (QED) is 0.686. The summed E-state index contributed by atoms with van der Waals surface area (Å²) >= 11 is 0. The van der Waals surface area contributed by atoms with Gasteiger partial charge in [-0.05, 0) is 52.0 Å². The fourth-order valence-corrected chi connectivity index (χ4v) is 7.40. The van der Waals surface area contributed by atoms with Crippen LogP contribution < -0.4 is 0 Å². The van der Waals surface area contributed by atoms with Gasteiger partial charge in [-0.15, -0.1) is 0 Å². The molecule has 1 aliphatic heterocycles. The summed E-state index contributed by atoms with van der Waals surface area (Å²) < 4.78 is 12.6. The molecule has 3 nitrogen and oxygen atoms in total. The smallest absolute Gasteiger partial charge is 0.163 e. The molecule has 0 aromatic rings. The third-order valence-corrected chi connectivity index (χ3v) is 7.76. The normalized spacial score (nSPS) is 59.1. The number of ether oxygens (including phenoxy) is 2. The molecule has 5 aliphatic rings. The lowest BCUT2D eigenvalue weighted by Gasteiger charge is -2.52. The lowest BCUT2D eigenvalue weighted by atomic mass is 9.51. The van der Waals surface area contributed by atoms with E-state index < -0.39 is 5.79 Å². The zero-order valence-electron chi connectivity index (χ0n) is 13.4. The Morgan fingerprint density at radius 3 is 2.71 bits per heavy atom. The highest BCUT2D eigenvalue weighted by molar-refractivity contribution is 6.02. The second-order valence-corrected chi connectivity index (χ2v) is 8.67. The van der Waals surface area contributed by atoms with E-state index in [1.165, 1.54) is 12.0 Å². The first-order chi connectivity index (χ1) is 9.79. The van der Waals surface area contributed by atoms with Gasteiger partial charge in [-0.1, -0.05) is 18.9 Å². The van der Waals surface area contributed by atoms with Gasteiger partial charge >= 0.3 is 0 Å². The highest BCUT2D eigenvalue weighted by Crippen LogP contribution is 2.84. The number of fused-ring (bicyclic) bond motifs is 5. The van der Waals surface area contributed by atoms with E-state index in [0.29, 0.717) is 11.7 Å². The van der Waals surface area contributed by atoms with Crippen molar-refractivity contribution < 1.29 is 14.3 Å². The van der Waals surface area contributed by atoms with Gasteiger partial charge in [-0.25, -0.2) is 0 Å². The maximum Gasteiger partial charge on any atom is 0.163 e. The van der Waals surface area contributed by atoms with Gasteiger partial charge in [-0.3, -0.25) is 4.79 Å². The molecule has 2 bridgehead atoms. The Kier molecular flexibility index (Phi) is 1.93. The average molecular weight is 288 g/mol. The van der Waals surface area contributed by atoms with Gasteiger partial charge in [-0.2, -0.15) is 0 Å². The van der Waals surface area contributed by atoms with Gasteiger partial charge in [0, 0.05) is 10.8 Å². The van der Waals surface area contributed by atoms with Crippen molar-refractivity contribution in [3.8, 4) is 0 Å². The molecule has 0 amide bonds. The summed E-state index contributed by atoms with van der Waals surface area (Å²) in [5.74, 6) is 0.338. The molecule has 21 heavy (non-hydrogen) atoms. The summed E-state index contributed by atoms with van der Waals surface area (Å²) in [7, 11) is 0. The minimum Gasteiger partial charge on any atom is -0.344 e. The first-order valence-corrected chi connectivity index (χ1v) is 8.37. The van der Waals surface area contributed by atoms with Crippen molar-refractivity contribution in [1.29, 1.82) is 0 Å². The van der Waals surface area contributed by atoms with E-state index in [1.54, 1.807) is 0 Å². The molecule has 4 fully saturated rings. The standard InChI is InChI=1S/C18H24O3/c1-10-8-12(19)18-7-5-6-17(10,18)11-9-16(18,4)14-13(11)20-15(2,3)21-14/h8,11,13-14H,5-7,9H2,1-4H3/t11-,13+,14+,16+,17+,18-/m1/s1. The lowest BCUT2D eigenvalue weighted by Crippen LogP contribution is -2.58. The Balaban J connectivity index is 1.76. The van der Waals surface area contributed by atoms with Crippen LogP contribution in [0.5, 0.6) is 0 Å². The SMILES string of the molecule is CC1=CC(=O)[C@@]23CCC[C@@]12[C@@H]1C[C@@]3(C)[C@H]2OC(C)(C)O[C@@H]12. The molecule has 3 heteroatoms. The Morgan fingerprint density at radius 2 is 1.95 bits per heavy atom. The van der Waals surface area contributed by atoms with Crippen LogP contribution in [0.15, 0.2) is 11.6 Å². The molecule has 0 aromatic heterocycles. The molecular weight excluding hydrogens is 264 g/mol. The van der Waals surface area contributed by atoms with E-state index in [4.69, 9.17) is 9.47 Å². The molecule has 0 aromatic carbocycles. The van der Waals surface area contributed by atoms with E-state index in [0.717, 1.165) is 19.3 Å². The average Bonchev–Trinajstić information content (AvgIpc) is 3.06. The lowest BCUT2D eigenvalue weighted by molar-refractivity contribution is -0.172. The molecule has 0 N–H and O–H groups in total. The van der Waals surface area contributed by atoms with Crippen molar-refractivity contribution in [2.45, 2.75) is 71.4 Å². The monoisotopic (exact) mass is 288 g/mol. The van der Waals surface area contributed by atoms with Crippen molar-refractivity contribution in [2.75, 3.05) is 0 Å². The van der Waals surface area contributed by atoms with Crippen molar-refractivity contribution >= 4 is 5.78 Å². The van der Waals surface area contributed by atoms with Crippen LogP contribution in [0.4, 0.5) is 0 Å². The van der Waals surface area contributed by atoms with Gasteiger partial charge in [0.15, 0.2) is 11.6 Å². The molecule has 0 unspecified atom stereocenters. The van der Waals surface area contributed by atoms with Gasteiger partial charge in [0.25, 0.3) is 0 Å². The highest BCUT2D eigenvalue weighted by Gasteiger charge is 2.85. The number of hydrogen-bond acceptors (Lipinski definition) is 3. The summed E-state index contributed by atoms with van der Waals surface area (Å²) in [5, 5.41) is 0. The maximum atomic E-state index is 13.0. The van der Waals surface area contributed by atoms with Crippen LogP contribution in [-0.2, 0) is 14.3 Å². The largest absolute Gasteiger partial charge is 0.344 e. The summed E-state index contributed by atoms with van der Waals surface area (Å²) in [6.45, 7) is 8.52. The molecule has 114 valence electrons. The molecule has 1 saturated heterocycles. The number of allylic oxidation sites excluding steroid dienone is 2. The highest BCUT2D eigenvalue weighted by atomic mass is 16.8. The summed E-state index contributed by atoms with van der Waals surface area (Å²) in [4.78, 5) is 13.0. The summed E-state index contributed by atoms with van der Waals surface area (Å²) in [6.07, 6.45) is 6.68. The summed E-state index contributed by atoms with van der Waals surface area (Å²) in [6, 6.07) is 0. The van der Waals surface area contributed by atoms with E-state index in [2.05, 4.69) is 13.8 Å². The minimum absolute atomic E-state index is 0.0576. The fraction of sp³-hybridized carbons (Fsp3) is 0.833. The van der Waals surface area contributed by atoms with Crippen LogP contribution in [0.3, 0.4) is 0 Å². The Hall–Kier alpha value is -0.670. The predicted octanol–water partition coefficient (Wildman–Crippen LogP) is 3.23. The topological polar surface area (TPSA) is 35.5 Å². The van der Waals surface area contributed by atoms with Gasteiger partial charge in [0.1, 0.15) is 0 Å². The second-order valence-electron chi connectivity index (χ2n) is 8.67. The van der Waals surface area contributed by atoms with E-state index in [9.17, 15) is 4.79 Å². The third kappa shape index (κ3) is 0.996. The molecular formula is C18H24O3. The van der Waals surface area contributed by atoms with E-state index in [-0.39, 0.29) is 28.5 Å². The van der Waals surface area contributed by atoms with Crippen LogP contribution in [0.2, 0.25) is 0 Å². The van der Waals surface area contributed by atoms with Crippen molar-refractivity contribution in [1.82, 2.24) is 0 Å². The van der Waals surface area contributed by atoms with Gasteiger partial charge in [0.05, 0.1) is 17.6 Å². The molecule has 6 atom stereocenters. The van der Waals surface area contributed by atoms with E-state index in [1.807, 2.05) is 19.9 Å². The molecule has 4 aliphatic carbocycles. The van der Waals surface area contributed by atoms with Crippen LogP contribution in [0, 0.1) is 22.2 Å². The van der Waals surface area contributed by atoms with Gasteiger partial charge < -0.3 is 9.47 Å². The van der Waals surface area contributed by atoms with Crippen LogP contribution in [-0.4, -0.2) is 23.8 Å². The molecule has 3 saturated carbocycles. The number of hydrogen-bond donors (Lipinski definition) is 0. The number of rotatable bonds is 0. The molecule has 1 heterocycles.